The molecule has 0 aromatic heterocycles. The van der Waals surface area contributed by atoms with Crippen LogP contribution >= 0.6 is 12.6 Å². The Morgan fingerprint density at radius 1 is 1.14 bits per heavy atom. The highest BCUT2D eigenvalue weighted by atomic mass is 32.2. The SMILES string of the molecule is CC1=CC=C(S(=O)(=O)C(C)(S)C(C)c2ccccc2)CC1. The highest BCUT2D eigenvalue weighted by Gasteiger charge is 2.43. The summed E-state index contributed by atoms with van der Waals surface area (Å²) < 4.78 is 24.8. The van der Waals surface area contributed by atoms with Gasteiger partial charge in [-0.15, -0.1) is 0 Å². The first-order valence-electron chi connectivity index (χ1n) is 7.15. The summed E-state index contributed by atoms with van der Waals surface area (Å²) >= 11 is 4.56. The largest absolute Gasteiger partial charge is 0.223 e. The van der Waals surface area contributed by atoms with Gasteiger partial charge in [0.1, 0.15) is 4.08 Å². The topological polar surface area (TPSA) is 34.1 Å². The van der Waals surface area contributed by atoms with Crippen LogP contribution in [0.15, 0.2) is 53.0 Å². The van der Waals surface area contributed by atoms with Crippen molar-refractivity contribution in [3.05, 3.63) is 58.5 Å². The van der Waals surface area contributed by atoms with Crippen LogP contribution in [-0.2, 0) is 9.84 Å². The zero-order chi connectivity index (χ0) is 15.7. The minimum atomic E-state index is -3.45. The van der Waals surface area contributed by atoms with Crippen molar-refractivity contribution >= 4 is 22.5 Å². The van der Waals surface area contributed by atoms with Crippen LogP contribution in [0.4, 0.5) is 0 Å². The third-order valence-corrected chi connectivity index (χ3v) is 7.89. The number of sulfone groups is 1. The van der Waals surface area contributed by atoms with Crippen molar-refractivity contribution in [3.63, 3.8) is 0 Å². The zero-order valence-electron chi connectivity index (χ0n) is 12.7. The molecule has 0 N–H and O–H groups in total. The first kappa shape index (κ1) is 16.4. The lowest BCUT2D eigenvalue weighted by Gasteiger charge is -2.32. The lowest BCUT2D eigenvalue weighted by molar-refractivity contribution is 0.562. The highest BCUT2D eigenvalue weighted by molar-refractivity contribution is 8.08. The number of allylic oxidation sites excluding steroid dienone is 4. The van der Waals surface area contributed by atoms with Crippen molar-refractivity contribution in [2.75, 3.05) is 0 Å². The van der Waals surface area contributed by atoms with Crippen LogP contribution < -0.4 is 0 Å². The summed E-state index contributed by atoms with van der Waals surface area (Å²) in [5.74, 6) is -0.195. The lowest BCUT2D eigenvalue weighted by Crippen LogP contribution is -2.36. The minimum Gasteiger partial charge on any atom is -0.223 e. The molecule has 0 radical (unpaired) electrons. The fourth-order valence-electron chi connectivity index (χ4n) is 2.50. The maximum Gasteiger partial charge on any atom is 0.189 e. The molecule has 4 heteroatoms. The average Bonchev–Trinajstić information content (AvgIpc) is 2.47. The van der Waals surface area contributed by atoms with Gasteiger partial charge in [0.2, 0.25) is 0 Å². The Hall–Kier alpha value is -1.00. The lowest BCUT2D eigenvalue weighted by atomic mass is 9.98. The monoisotopic (exact) mass is 322 g/mol. The smallest absolute Gasteiger partial charge is 0.189 e. The molecular formula is C17H22O2S2. The van der Waals surface area contributed by atoms with Gasteiger partial charge in [0.25, 0.3) is 0 Å². The van der Waals surface area contributed by atoms with Gasteiger partial charge in [-0.25, -0.2) is 8.42 Å². The van der Waals surface area contributed by atoms with Crippen molar-refractivity contribution in [2.45, 2.75) is 43.6 Å². The summed E-state index contributed by atoms with van der Waals surface area (Å²) in [6, 6.07) is 9.68. The summed E-state index contributed by atoms with van der Waals surface area (Å²) in [6.07, 6.45) is 5.00. The van der Waals surface area contributed by atoms with Crippen LogP contribution in [0, 0.1) is 0 Å². The van der Waals surface area contributed by atoms with E-state index in [4.69, 9.17) is 0 Å². The Labute approximate surface area is 133 Å². The van der Waals surface area contributed by atoms with E-state index >= 15 is 0 Å². The molecule has 1 aromatic rings. The third kappa shape index (κ3) is 3.11. The Bertz CT molecular complexity index is 668. The van der Waals surface area contributed by atoms with Crippen molar-refractivity contribution in [1.82, 2.24) is 0 Å². The van der Waals surface area contributed by atoms with E-state index in [0.29, 0.717) is 11.3 Å². The van der Waals surface area contributed by atoms with Crippen molar-refractivity contribution < 1.29 is 8.42 Å². The van der Waals surface area contributed by atoms with Gasteiger partial charge in [-0.3, -0.25) is 0 Å². The Balaban J connectivity index is 2.38. The summed E-state index contributed by atoms with van der Waals surface area (Å²) in [7, 11) is -3.45. The molecule has 2 atom stereocenters. The molecule has 0 saturated heterocycles. The molecule has 1 aliphatic rings. The van der Waals surface area contributed by atoms with E-state index in [2.05, 4.69) is 12.6 Å². The molecular weight excluding hydrogens is 300 g/mol. The predicted molar refractivity (Wildman–Crippen MR) is 92.2 cm³/mol. The number of hydrogen-bond acceptors (Lipinski definition) is 3. The van der Waals surface area contributed by atoms with Crippen LogP contribution in [0.25, 0.3) is 0 Å². The molecule has 21 heavy (non-hydrogen) atoms. The van der Waals surface area contributed by atoms with Gasteiger partial charge in [0.15, 0.2) is 9.84 Å². The van der Waals surface area contributed by atoms with Crippen LogP contribution in [0.2, 0.25) is 0 Å². The molecule has 0 amide bonds. The van der Waals surface area contributed by atoms with Crippen molar-refractivity contribution in [1.29, 1.82) is 0 Å². The summed E-state index contributed by atoms with van der Waals surface area (Å²) in [5, 5.41) is 0. The number of rotatable bonds is 4. The van der Waals surface area contributed by atoms with E-state index in [9.17, 15) is 8.42 Å². The Morgan fingerprint density at radius 2 is 1.76 bits per heavy atom. The average molecular weight is 322 g/mol. The molecule has 1 aliphatic carbocycles. The first-order chi connectivity index (χ1) is 9.76. The quantitative estimate of drug-likeness (QED) is 0.830. The summed E-state index contributed by atoms with van der Waals surface area (Å²) in [5.41, 5.74) is 2.20. The van der Waals surface area contributed by atoms with Gasteiger partial charge in [0.05, 0.1) is 0 Å². The van der Waals surface area contributed by atoms with Crippen LogP contribution in [0.1, 0.15) is 45.1 Å². The fourth-order valence-corrected chi connectivity index (χ4v) is 4.75. The fraction of sp³-hybridized carbons (Fsp3) is 0.412. The standard InChI is InChI=1S/C17H22O2S2/c1-13-9-11-16(12-10-13)21(18,19)17(3,20)14(2)15-7-5-4-6-8-15/h4-9,11,14,20H,10,12H2,1-3H3. The summed E-state index contributed by atoms with van der Waals surface area (Å²) in [4.78, 5) is 0.494. The van der Waals surface area contributed by atoms with Gasteiger partial charge in [-0.05, 0) is 38.3 Å². The maximum atomic E-state index is 13.0. The number of thiol groups is 1. The van der Waals surface area contributed by atoms with E-state index in [1.54, 1.807) is 13.0 Å². The minimum absolute atomic E-state index is 0.195. The molecule has 0 aliphatic heterocycles. The Kier molecular flexibility index (Phi) is 4.69. The van der Waals surface area contributed by atoms with Gasteiger partial charge < -0.3 is 0 Å². The molecule has 2 nitrogen and oxygen atoms in total. The normalized spacial score (nSPS) is 20.2. The second-order valence-electron chi connectivity index (χ2n) is 5.84. The highest BCUT2D eigenvalue weighted by Crippen LogP contribution is 2.42. The second-order valence-corrected chi connectivity index (χ2v) is 9.45. The molecule has 2 rings (SSSR count). The molecule has 0 saturated carbocycles. The third-order valence-electron chi connectivity index (χ3n) is 4.31. The van der Waals surface area contributed by atoms with E-state index in [1.165, 1.54) is 5.57 Å². The molecule has 1 aromatic carbocycles. The predicted octanol–water partition coefficient (Wildman–Crippen LogP) is 4.47. The first-order valence-corrected chi connectivity index (χ1v) is 9.08. The van der Waals surface area contributed by atoms with E-state index in [1.807, 2.05) is 50.3 Å². The van der Waals surface area contributed by atoms with Gasteiger partial charge >= 0.3 is 0 Å². The molecule has 114 valence electrons. The molecule has 0 heterocycles. The van der Waals surface area contributed by atoms with Crippen molar-refractivity contribution in [3.8, 4) is 0 Å². The van der Waals surface area contributed by atoms with E-state index < -0.39 is 13.9 Å². The number of hydrogen-bond donors (Lipinski definition) is 1. The maximum absolute atomic E-state index is 13.0. The molecule has 0 bridgehead atoms. The zero-order valence-corrected chi connectivity index (χ0v) is 14.4. The van der Waals surface area contributed by atoms with E-state index in [-0.39, 0.29) is 5.92 Å². The van der Waals surface area contributed by atoms with Gasteiger partial charge in [-0.1, -0.05) is 48.9 Å². The Morgan fingerprint density at radius 3 is 2.29 bits per heavy atom. The van der Waals surface area contributed by atoms with Crippen molar-refractivity contribution in [2.24, 2.45) is 0 Å². The van der Waals surface area contributed by atoms with Crippen LogP contribution in [0.3, 0.4) is 0 Å². The van der Waals surface area contributed by atoms with Crippen LogP contribution in [0.5, 0.6) is 0 Å². The second kappa shape index (κ2) is 6.01. The van der Waals surface area contributed by atoms with E-state index in [0.717, 1.165) is 12.0 Å². The number of benzene rings is 1. The van der Waals surface area contributed by atoms with Crippen LogP contribution in [-0.4, -0.2) is 12.5 Å². The van der Waals surface area contributed by atoms with Gasteiger partial charge in [-0.2, -0.15) is 12.6 Å². The summed E-state index contributed by atoms with van der Waals surface area (Å²) in [6.45, 7) is 5.64. The molecule has 0 fully saturated rings. The van der Waals surface area contributed by atoms with Gasteiger partial charge in [0, 0.05) is 10.8 Å². The molecule has 0 spiro atoms. The molecule has 2 unspecified atom stereocenters.